The third kappa shape index (κ3) is 5.99. The van der Waals surface area contributed by atoms with Crippen molar-refractivity contribution in [3.8, 4) is 5.75 Å². The Labute approximate surface area is 146 Å². The highest BCUT2D eigenvalue weighted by atomic mass is 16.5. The SMILES string of the molecule is COc1ccc(CCC(C)N(CCCN)Cc2ccccc2)cc1. The van der Waals surface area contributed by atoms with Crippen LogP contribution in [0.1, 0.15) is 30.9 Å². The molecule has 3 nitrogen and oxygen atoms in total. The number of methoxy groups -OCH3 is 1. The van der Waals surface area contributed by atoms with E-state index in [-0.39, 0.29) is 0 Å². The highest BCUT2D eigenvalue weighted by Gasteiger charge is 2.14. The van der Waals surface area contributed by atoms with Gasteiger partial charge in [-0.3, -0.25) is 4.90 Å². The monoisotopic (exact) mass is 326 g/mol. The molecule has 0 saturated heterocycles. The number of nitrogens with zero attached hydrogens (tertiary/aromatic N) is 1. The van der Waals surface area contributed by atoms with Crippen LogP contribution < -0.4 is 10.5 Å². The molecule has 0 aliphatic rings. The summed E-state index contributed by atoms with van der Waals surface area (Å²) in [7, 11) is 1.70. The fourth-order valence-electron chi connectivity index (χ4n) is 2.92. The van der Waals surface area contributed by atoms with E-state index >= 15 is 0 Å². The van der Waals surface area contributed by atoms with Crippen molar-refractivity contribution >= 4 is 0 Å². The first-order chi connectivity index (χ1) is 11.7. The van der Waals surface area contributed by atoms with Gasteiger partial charge in [0.1, 0.15) is 5.75 Å². The molecule has 1 unspecified atom stereocenters. The normalized spacial score (nSPS) is 12.3. The summed E-state index contributed by atoms with van der Waals surface area (Å²) < 4.78 is 5.22. The third-order valence-corrected chi connectivity index (χ3v) is 4.51. The summed E-state index contributed by atoms with van der Waals surface area (Å²) in [4.78, 5) is 2.55. The van der Waals surface area contributed by atoms with E-state index in [2.05, 4.69) is 54.3 Å². The van der Waals surface area contributed by atoms with Gasteiger partial charge in [-0.2, -0.15) is 0 Å². The average molecular weight is 326 g/mol. The Morgan fingerprint density at radius 2 is 1.71 bits per heavy atom. The molecule has 130 valence electrons. The lowest BCUT2D eigenvalue weighted by Gasteiger charge is -2.29. The van der Waals surface area contributed by atoms with Crippen molar-refractivity contribution in [2.24, 2.45) is 5.73 Å². The van der Waals surface area contributed by atoms with E-state index in [1.807, 2.05) is 12.1 Å². The molecule has 2 N–H and O–H groups in total. The standard InChI is InChI=1S/C21H30N2O/c1-18(9-10-19-11-13-21(24-2)14-12-19)23(16-6-15-22)17-20-7-4-3-5-8-20/h3-5,7-8,11-14,18H,6,9-10,15-17,22H2,1-2H3. The Kier molecular flexibility index (Phi) is 7.80. The molecule has 0 heterocycles. The molecule has 0 aliphatic carbocycles. The molecule has 0 bridgehead atoms. The molecule has 2 aromatic carbocycles. The molecule has 0 radical (unpaired) electrons. The Hall–Kier alpha value is -1.84. The molecule has 24 heavy (non-hydrogen) atoms. The lowest BCUT2D eigenvalue weighted by Crippen LogP contribution is -2.34. The van der Waals surface area contributed by atoms with Crippen molar-refractivity contribution in [3.05, 3.63) is 65.7 Å². The minimum Gasteiger partial charge on any atom is -0.497 e. The molecule has 1 atom stereocenters. The number of ether oxygens (including phenoxy) is 1. The van der Waals surface area contributed by atoms with Gasteiger partial charge in [-0.05, 0) is 62.5 Å². The average Bonchev–Trinajstić information content (AvgIpc) is 2.64. The largest absolute Gasteiger partial charge is 0.497 e. The number of nitrogens with two attached hydrogens (primary N) is 1. The van der Waals surface area contributed by atoms with E-state index in [9.17, 15) is 0 Å². The van der Waals surface area contributed by atoms with Crippen molar-refractivity contribution in [1.82, 2.24) is 4.90 Å². The number of benzene rings is 2. The van der Waals surface area contributed by atoms with Crippen LogP contribution in [0.3, 0.4) is 0 Å². The number of aryl methyl sites for hydroxylation is 1. The van der Waals surface area contributed by atoms with Gasteiger partial charge >= 0.3 is 0 Å². The lowest BCUT2D eigenvalue weighted by molar-refractivity contribution is 0.189. The maximum Gasteiger partial charge on any atom is 0.118 e. The predicted molar refractivity (Wildman–Crippen MR) is 101 cm³/mol. The molecule has 0 amide bonds. The van der Waals surface area contributed by atoms with E-state index in [4.69, 9.17) is 10.5 Å². The van der Waals surface area contributed by atoms with Crippen molar-refractivity contribution in [2.75, 3.05) is 20.2 Å². The van der Waals surface area contributed by atoms with Crippen LogP contribution in [0, 0.1) is 0 Å². The summed E-state index contributed by atoms with van der Waals surface area (Å²) in [6.07, 6.45) is 3.27. The second-order valence-electron chi connectivity index (χ2n) is 6.33. The van der Waals surface area contributed by atoms with Gasteiger partial charge < -0.3 is 10.5 Å². The van der Waals surface area contributed by atoms with Gasteiger partial charge in [0.05, 0.1) is 7.11 Å². The van der Waals surface area contributed by atoms with E-state index < -0.39 is 0 Å². The minimum absolute atomic E-state index is 0.527. The molecule has 2 aromatic rings. The first-order valence-corrected chi connectivity index (χ1v) is 8.84. The van der Waals surface area contributed by atoms with Crippen molar-refractivity contribution in [3.63, 3.8) is 0 Å². The number of hydrogen-bond acceptors (Lipinski definition) is 3. The minimum atomic E-state index is 0.527. The number of rotatable bonds is 10. The molecular formula is C21H30N2O. The van der Waals surface area contributed by atoms with Crippen molar-refractivity contribution in [2.45, 2.75) is 38.8 Å². The van der Waals surface area contributed by atoms with Crippen LogP contribution in [0.2, 0.25) is 0 Å². The highest BCUT2D eigenvalue weighted by molar-refractivity contribution is 5.27. The molecule has 0 fully saturated rings. The number of hydrogen-bond donors (Lipinski definition) is 1. The summed E-state index contributed by atoms with van der Waals surface area (Å²) >= 11 is 0. The second kappa shape index (κ2) is 10.1. The second-order valence-corrected chi connectivity index (χ2v) is 6.33. The van der Waals surface area contributed by atoms with Gasteiger partial charge in [-0.15, -0.1) is 0 Å². The molecule has 0 aliphatic heterocycles. The van der Waals surface area contributed by atoms with Gasteiger partial charge in [0.15, 0.2) is 0 Å². The third-order valence-electron chi connectivity index (χ3n) is 4.51. The summed E-state index contributed by atoms with van der Waals surface area (Å²) in [6.45, 7) is 5.11. The smallest absolute Gasteiger partial charge is 0.118 e. The van der Waals surface area contributed by atoms with Crippen molar-refractivity contribution in [1.29, 1.82) is 0 Å². The Balaban J connectivity index is 1.91. The Morgan fingerprint density at radius 3 is 2.33 bits per heavy atom. The van der Waals surface area contributed by atoms with Crippen LogP contribution in [0.15, 0.2) is 54.6 Å². The van der Waals surface area contributed by atoms with Gasteiger partial charge in [0, 0.05) is 12.6 Å². The summed E-state index contributed by atoms with van der Waals surface area (Å²) in [5, 5.41) is 0. The van der Waals surface area contributed by atoms with E-state index in [1.54, 1.807) is 7.11 Å². The maximum absolute atomic E-state index is 5.72. The van der Waals surface area contributed by atoms with Gasteiger partial charge in [-0.1, -0.05) is 42.5 Å². The summed E-state index contributed by atoms with van der Waals surface area (Å²) in [5.74, 6) is 0.917. The zero-order valence-electron chi connectivity index (χ0n) is 14.9. The topological polar surface area (TPSA) is 38.5 Å². The molecule has 0 spiro atoms. The van der Waals surface area contributed by atoms with E-state index in [1.165, 1.54) is 11.1 Å². The lowest BCUT2D eigenvalue weighted by atomic mass is 10.0. The summed E-state index contributed by atoms with van der Waals surface area (Å²) in [6, 6.07) is 19.6. The zero-order chi connectivity index (χ0) is 17.2. The molecule has 0 aromatic heterocycles. The van der Waals surface area contributed by atoms with Gasteiger partial charge in [-0.25, -0.2) is 0 Å². The van der Waals surface area contributed by atoms with Crippen molar-refractivity contribution < 1.29 is 4.74 Å². The van der Waals surface area contributed by atoms with Crippen LogP contribution in [-0.2, 0) is 13.0 Å². The first kappa shape index (κ1) is 18.5. The fourth-order valence-corrected chi connectivity index (χ4v) is 2.92. The highest BCUT2D eigenvalue weighted by Crippen LogP contribution is 2.16. The van der Waals surface area contributed by atoms with E-state index in [0.717, 1.165) is 44.6 Å². The first-order valence-electron chi connectivity index (χ1n) is 8.84. The van der Waals surface area contributed by atoms with E-state index in [0.29, 0.717) is 6.04 Å². The van der Waals surface area contributed by atoms with Gasteiger partial charge in [0.25, 0.3) is 0 Å². The van der Waals surface area contributed by atoms with Crippen LogP contribution in [0.5, 0.6) is 5.75 Å². The Bertz CT molecular complexity index is 568. The van der Waals surface area contributed by atoms with Crippen LogP contribution in [0.4, 0.5) is 0 Å². The maximum atomic E-state index is 5.72. The zero-order valence-corrected chi connectivity index (χ0v) is 14.9. The molecule has 0 saturated carbocycles. The van der Waals surface area contributed by atoms with Crippen LogP contribution >= 0.6 is 0 Å². The van der Waals surface area contributed by atoms with Crippen LogP contribution in [0.25, 0.3) is 0 Å². The van der Waals surface area contributed by atoms with Gasteiger partial charge in [0.2, 0.25) is 0 Å². The molecule has 2 rings (SSSR count). The molecular weight excluding hydrogens is 296 g/mol. The quantitative estimate of drug-likeness (QED) is 0.720. The summed E-state index contributed by atoms with van der Waals surface area (Å²) in [5.41, 5.74) is 8.45. The van der Waals surface area contributed by atoms with Crippen LogP contribution in [-0.4, -0.2) is 31.1 Å². The Morgan fingerprint density at radius 1 is 1.00 bits per heavy atom. The fraction of sp³-hybridized carbons (Fsp3) is 0.429. The predicted octanol–water partition coefficient (Wildman–Crippen LogP) is 3.87. The molecule has 3 heteroatoms.